The highest BCUT2D eigenvalue weighted by molar-refractivity contribution is 5.95. The number of rotatable bonds is 5. The Hall–Kier alpha value is -1.58. The molecule has 0 spiro atoms. The number of ether oxygens (including phenoxy) is 1. The predicted octanol–water partition coefficient (Wildman–Crippen LogP) is 2.10. The molecule has 0 bridgehead atoms. The van der Waals surface area contributed by atoms with E-state index in [0.717, 1.165) is 12.1 Å². The summed E-state index contributed by atoms with van der Waals surface area (Å²) < 4.78 is 5.53. The van der Waals surface area contributed by atoms with Crippen molar-refractivity contribution in [2.75, 3.05) is 6.61 Å². The number of pyridine rings is 1. The van der Waals surface area contributed by atoms with Gasteiger partial charge in [-0.2, -0.15) is 0 Å². The smallest absolute Gasteiger partial charge is 0.214 e. The first-order valence-electron chi connectivity index (χ1n) is 5.45. The highest BCUT2D eigenvalue weighted by Crippen LogP contribution is 2.13. The molecule has 0 amide bonds. The normalized spacial score (nSPS) is 10.5. The molecule has 88 valence electrons. The number of amidine groups is 1. The van der Waals surface area contributed by atoms with Gasteiger partial charge in [0.15, 0.2) is 0 Å². The molecule has 3 N–H and O–H groups in total. The van der Waals surface area contributed by atoms with Crippen molar-refractivity contribution in [3.63, 3.8) is 0 Å². The average molecular weight is 221 g/mol. The number of hydrogen-bond donors (Lipinski definition) is 2. The summed E-state index contributed by atoms with van der Waals surface area (Å²) in [4.78, 5) is 4.24. The van der Waals surface area contributed by atoms with E-state index in [0.29, 0.717) is 24.0 Å². The van der Waals surface area contributed by atoms with Crippen LogP contribution in [0.3, 0.4) is 0 Å². The molecule has 1 aromatic heterocycles. The molecule has 16 heavy (non-hydrogen) atoms. The van der Waals surface area contributed by atoms with Crippen LogP contribution >= 0.6 is 0 Å². The highest BCUT2D eigenvalue weighted by Gasteiger charge is 2.04. The van der Waals surface area contributed by atoms with Gasteiger partial charge in [0.1, 0.15) is 5.84 Å². The number of nitrogen functional groups attached to an aromatic ring is 1. The van der Waals surface area contributed by atoms with Crippen molar-refractivity contribution in [1.82, 2.24) is 4.98 Å². The van der Waals surface area contributed by atoms with Gasteiger partial charge in [-0.3, -0.25) is 5.41 Å². The second kappa shape index (κ2) is 5.49. The summed E-state index contributed by atoms with van der Waals surface area (Å²) in [5.41, 5.74) is 6.90. The van der Waals surface area contributed by atoms with Crippen LogP contribution in [0, 0.1) is 18.3 Å². The van der Waals surface area contributed by atoms with Gasteiger partial charge in [-0.1, -0.05) is 13.8 Å². The van der Waals surface area contributed by atoms with Crippen LogP contribution in [0.25, 0.3) is 0 Å². The van der Waals surface area contributed by atoms with Crippen molar-refractivity contribution in [3.8, 4) is 5.88 Å². The third-order valence-corrected chi connectivity index (χ3v) is 2.19. The molecular weight excluding hydrogens is 202 g/mol. The van der Waals surface area contributed by atoms with Crippen molar-refractivity contribution < 1.29 is 4.74 Å². The third-order valence-electron chi connectivity index (χ3n) is 2.19. The molecule has 0 radical (unpaired) electrons. The Balaban J connectivity index is 2.69. The second-order valence-corrected chi connectivity index (χ2v) is 4.28. The van der Waals surface area contributed by atoms with Gasteiger partial charge in [0.05, 0.1) is 6.61 Å². The van der Waals surface area contributed by atoms with Gasteiger partial charge in [-0.25, -0.2) is 4.98 Å². The summed E-state index contributed by atoms with van der Waals surface area (Å²) >= 11 is 0. The average Bonchev–Trinajstić information content (AvgIpc) is 2.16. The Bertz CT molecular complexity index is 375. The Morgan fingerprint density at radius 1 is 1.50 bits per heavy atom. The Morgan fingerprint density at radius 2 is 2.19 bits per heavy atom. The molecule has 4 heteroatoms. The van der Waals surface area contributed by atoms with E-state index >= 15 is 0 Å². The van der Waals surface area contributed by atoms with E-state index in [4.69, 9.17) is 15.9 Å². The van der Waals surface area contributed by atoms with Gasteiger partial charge in [0, 0.05) is 17.3 Å². The van der Waals surface area contributed by atoms with Crippen LogP contribution in [0.1, 0.15) is 31.5 Å². The maximum Gasteiger partial charge on any atom is 0.214 e. The summed E-state index contributed by atoms with van der Waals surface area (Å²) in [6, 6.07) is 3.48. The molecule has 0 aliphatic heterocycles. The fourth-order valence-electron chi connectivity index (χ4n) is 1.27. The van der Waals surface area contributed by atoms with E-state index in [1.807, 2.05) is 6.92 Å². The fourth-order valence-corrected chi connectivity index (χ4v) is 1.27. The number of aromatic nitrogens is 1. The number of hydrogen-bond acceptors (Lipinski definition) is 3. The molecule has 1 aromatic rings. The molecule has 0 unspecified atom stereocenters. The lowest BCUT2D eigenvalue weighted by molar-refractivity contribution is 0.279. The standard InChI is InChI=1S/C12H19N3O/c1-8(2)4-5-16-11-7-10(12(13)14)6-9(3)15-11/h6-8H,4-5H2,1-3H3,(H3,13,14). The summed E-state index contributed by atoms with van der Waals surface area (Å²) in [5, 5.41) is 7.37. The molecule has 0 fully saturated rings. The predicted molar refractivity (Wildman–Crippen MR) is 64.9 cm³/mol. The van der Waals surface area contributed by atoms with E-state index in [1.54, 1.807) is 12.1 Å². The zero-order valence-corrected chi connectivity index (χ0v) is 10.1. The zero-order valence-electron chi connectivity index (χ0n) is 10.1. The molecule has 0 saturated carbocycles. The van der Waals surface area contributed by atoms with Crippen molar-refractivity contribution >= 4 is 5.84 Å². The van der Waals surface area contributed by atoms with Crippen molar-refractivity contribution in [2.24, 2.45) is 11.7 Å². The number of nitrogens with two attached hydrogens (primary N) is 1. The first kappa shape index (κ1) is 12.5. The second-order valence-electron chi connectivity index (χ2n) is 4.28. The maximum atomic E-state index is 7.37. The highest BCUT2D eigenvalue weighted by atomic mass is 16.5. The third kappa shape index (κ3) is 3.88. The topological polar surface area (TPSA) is 72.0 Å². The SMILES string of the molecule is Cc1cc(C(=N)N)cc(OCCC(C)C)n1. The summed E-state index contributed by atoms with van der Waals surface area (Å²) in [6.45, 7) is 6.80. The molecule has 0 saturated heterocycles. The lowest BCUT2D eigenvalue weighted by atomic mass is 10.1. The van der Waals surface area contributed by atoms with Crippen LogP contribution in [0.4, 0.5) is 0 Å². The molecule has 0 atom stereocenters. The van der Waals surface area contributed by atoms with Gasteiger partial charge in [0.25, 0.3) is 0 Å². The van der Waals surface area contributed by atoms with Crippen LogP contribution in [0.5, 0.6) is 5.88 Å². The monoisotopic (exact) mass is 221 g/mol. The number of nitrogens with one attached hydrogen (secondary N) is 1. The minimum Gasteiger partial charge on any atom is -0.478 e. The van der Waals surface area contributed by atoms with E-state index in [9.17, 15) is 0 Å². The molecular formula is C12H19N3O. The molecule has 1 rings (SSSR count). The molecule has 1 heterocycles. The van der Waals surface area contributed by atoms with E-state index < -0.39 is 0 Å². The van der Waals surface area contributed by atoms with Crippen LogP contribution in [-0.2, 0) is 0 Å². The van der Waals surface area contributed by atoms with Gasteiger partial charge in [0.2, 0.25) is 5.88 Å². The van der Waals surface area contributed by atoms with Crippen molar-refractivity contribution in [1.29, 1.82) is 5.41 Å². The molecule has 4 nitrogen and oxygen atoms in total. The Labute approximate surface area is 96.3 Å². The quantitative estimate of drug-likeness (QED) is 0.590. The Kier molecular flexibility index (Phi) is 4.28. The van der Waals surface area contributed by atoms with Crippen molar-refractivity contribution in [3.05, 3.63) is 23.4 Å². The first-order valence-corrected chi connectivity index (χ1v) is 5.45. The van der Waals surface area contributed by atoms with Gasteiger partial charge < -0.3 is 10.5 Å². The maximum absolute atomic E-state index is 7.37. The van der Waals surface area contributed by atoms with Crippen molar-refractivity contribution in [2.45, 2.75) is 27.2 Å². The largest absolute Gasteiger partial charge is 0.478 e. The summed E-state index contributed by atoms with van der Waals surface area (Å²) in [7, 11) is 0. The molecule has 0 aromatic carbocycles. The lowest BCUT2D eigenvalue weighted by Crippen LogP contribution is -2.12. The van der Waals surface area contributed by atoms with Gasteiger partial charge in [-0.15, -0.1) is 0 Å². The van der Waals surface area contributed by atoms with Crippen LogP contribution < -0.4 is 10.5 Å². The summed E-state index contributed by atoms with van der Waals surface area (Å²) in [6.07, 6.45) is 0.991. The van der Waals surface area contributed by atoms with E-state index in [2.05, 4.69) is 18.8 Å². The minimum atomic E-state index is 0.0409. The number of nitrogens with zero attached hydrogens (tertiary/aromatic N) is 1. The lowest BCUT2D eigenvalue weighted by Gasteiger charge is -2.09. The Morgan fingerprint density at radius 3 is 2.75 bits per heavy atom. The molecule has 0 aliphatic carbocycles. The van der Waals surface area contributed by atoms with Crippen LogP contribution in [0.15, 0.2) is 12.1 Å². The summed E-state index contributed by atoms with van der Waals surface area (Å²) in [5.74, 6) is 1.20. The zero-order chi connectivity index (χ0) is 12.1. The van der Waals surface area contributed by atoms with Gasteiger partial charge in [-0.05, 0) is 25.3 Å². The van der Waals surface area contributed by atoms with Crippen LogP contribution in [0.2, 0.25) is 0 Å². The van der Waals surface area contributed by atoms with Crippen LogP contribution in [-0.4, -0.2) is 17.4 Å². The minimum absolute atomic E-state index is 0.0409. The van der Waals surface area contributed by atoms with E-state index in [-0.39, 0.29) is 5.84 Å². The first-order chi connectivity index (χ1) is 7.49. The fraction of sp³-hybridized carbons (Fsp3) is 0.500. The number of aryl methyl sites for hydroxylation is 1. The van der Waals surface area contributed by atoms with E-state index in [1.165, 1.54) is 0 Å². The molecule has 0 aliphatic rings. The van der Waals surface area contributed by atoms with Gasteiger partial charge >= 0.3 is 0 Å².